The Labute approximate surface area is 132 Å². The van der Waals surface area contributed by atoms with Crippen LogP contribution in [0, 0.1) is 0 Å². The lowest BCUT2D eigenvalue weighted by atomic mass is 10.0. The third-order valence-corrected chi connectivity index (χ3v) is 3.34. The molecular weight excluding hydrogens is 274 g/mol. The van der Waals surface area contributed by atoms with Crippen LogP contribution >= 0.6 is 0 Å². The Morgan fingerprint density at radius 2 is 1.59 bits per heavy atom. The molecule has 0 atom stereocenters. The van der Waals surface area contributed by atoms with Crippen LogP contribution in [-0.4, -0.2) is 12.0 Å². The second kappa shape index (κ2) is 7.12. The van der Waals surface area contributed by atoms with Crippen LogP contribution in [0.4, 0.5) is 5.69 Å². The smallest absolute Gasteiger partial charge is 0.255 e. The van der Waals surface area contributed by atoms with Crippen molar-refractivity contribution in [1.82, 2.24) is 0 Å². The van der Waals surface area contributed by atoms with E-state index in [1.807, 2.05) is 62.4 Å². The third-order valence-electron chi connectivity index (χ3n) is 3.34. The summed E-state index contributed by atoms with van der Waals surface area (Å²) in [5, 5.41) is 2.92. The van der Waals surface area contributed by atoms with E-state index in [2.05, 4.69) is 19.2 Å². The molecule has 2 aromatic rings. The first-order chi connectivity index (χ1) is 10.5. The van der Waals surface area contributed by atoms with Gasteiger partial charge in [-0.25, -0.2) is 0 Å². The number of nitrogens with one attached hydrogen (secondary N) is 1. The van der Waals surface area contributed by atoms with Gasteiger partial charge in [-0.15, -0.1) is 0 Å². The highest BCUT2D eigenvalue weighted by Crippen LogP contribution is 2.25. The van der Waals surface area contributed by atoms with Crippen molar-refractivity contribution in [2.24, 2.45) is 0 Å². The minimum absolute atomic E-state index is 0.0587. The predicted molar refractivity (Wildman–Crippen MR) is 90.7 cm³/mol. The molecule has 0 heterocycles. The highest BCUT2D eigenvalue weighted by Gasteiger charge is 2.11. The Morgan fingerprint density at radius 1 is 0.955 bits per heavy atom. The number of amides is 1. The summed E-state index contributed by atoms with van der Waals surface area (Å²) in [6.07, 6.45) is 0.0587. The van der Waals surface area contributed by atoms with E-state index < -0.39 is 0 Å². The van der Waals surface area contributed by atoms with Gasteiger partial charge in [-0.05, 0) is 49.6 Å². The summed E-state index contributed by atoms with van der Waals surface area (Å²) < 4.78 is 5.72. The van der Waals surface area contributed by atoms with Crippen molar-refractivity contribution >= 4 is 11.6 Å². The molecule has 0 unspecified atom stereocenters. The summed E-state index contributed by atoms with van der Waals surface area (Å²) in [7, 11) is 0. The number of rotatable bonds is 5. The molecule has 0 saturated carbocycles. The topological polar surface area (TPSA) is 38.3 Å². The lowest BCUT2D eigenvalue weighted by Crippen LogP contribution is -2.14. The van der Waals surface area contributed by atoms with E-state index in [1.165, 1.54) is 5.56 Å². The van der Waals surface area contributed by atoms with E-state index in [-0.39, 0.29) is 12.0 Å². The second-order valence-electron chi connectivity index (χ2n) is 5.89. The third kappa shape index (κ3) is 4.10. The minimum Gasteiger partial charge on any atom is -0.489 e. The molecule has 2 rings (SSSR count). The quantitative estimate of drug-likeness (QED) is 0.856. The maximum absolute atomic E-state index is 12.4. The predicted octanol–water partition coefficient (Wildman–Crippen LogP) is 4.85. The average molecular weight is 297 g/mol. The first-order valence-corrected chi connectivity index (χ1v) is 7.64. The molecule has 0 saturated heterocycles. The Bertz CT molecular complexity index is 630. The highest BCUT2D eigenvalue weighted by molar-refractivity contribution is 6.05. The van der Waals surface area contributed by atoms with Gasteiger partial charge in [0.2, 0.25) is 0 Å². The van der Waals surface area contributed by atoms with Crippen LogP contribution in [0.3, 0.4) is 0 Å². The first kappa shape index (κ1) is 16.1. The zero-order chi connectivity index (χ0) is 16.1. The van der Waals surface area contributed by atoms with Gasteiger partial charge in [0.15, 0.2) is 0 Å². The van der Waals surface area contributed by atoms with Gasteiger partial charge in [0.1, 0.15) is 5.75 Å². The van der Waals surface area contributed by atoms with Crippen molar-refractivity contribution in [3.8, 4) is 5.75 Å². The summed E-state index contributed by atoms with van der Waals surface area (Å²) in [6.45, 7) is 8.19. The molecule has 0 radical (unpaired) electrons. The molecule has 1 N–H and O–H groups in total. The number of hydrogen-bond acceptors (Lipinski definition) is 2. The second-order valence-corrected chi connectivity index (χ2v) is 5.89. The fourth-order valence-electron chi connectivity index (χ4n) is 2.14. The number of benzene rings is 2. The van der Waals surface area contributed by atoms with Crippen LogP contribution < -0.4 is 10.1 Å². The standard InChI is InChI=1S/C19H23NO2/c1-13(2)15-9-11-16(12-10-15)19(21)20-17-7-5-6-8-18(17)22-14(3)4/h5-14H,1-4H3,(H,20,21). The van der Waals surface area contributed by atoms with E-state index in [1.54, 1.807) is 0 Å². The zero-order valence-electron chi connectivity index (χ0n) is 13.6. The fraction of sp³-hybridized carbons (Fsp3) is 0.316. The van der Waals surface area contributed by atoms with E-state index >= 15 is 0 Å². The molecule has 2 aromatic carbocycles. The molecule has 0 aliphatic rings. The van der Waals surface area contributed by atoms with Gasteiger partial charge in [0.05, 0.1) is 11.8 Å². The number of anilines is 1. The molecule has 0 aromatic heterocycles. The number of para-hydroxylation sites is 2. The SMILES string of the molecule is CC(C)Oc1ccccc1NC(=O)c1ccc(C(C)C)cc1. The average Bonchev–Trinajstić information content (AvgIpc) is 2.48. The summed E-state index contributed by atoms with van der Waals surface area (Å²) >= 11 is 0. The monoisotopic (exact) mass is 297 g/mol. The number of hydrogen-bond donors (Lipinski definition) is 1. The van der Waals surface area contributed by atoms with E-state index in [0.29, 0.717) is 22.9 Å². The highest BCUT2D eigenvalue weighted by atomic mass is 16.5. The summed E-state index contributed by atoms with van der Waals surface area (Å²) in [5.41, 5.74) is 2.55. The molecule has 1 amide bonds. The molecule has 3 nitrogen and oxygen atoms in total. The maximum atomic E-state index is 12.4. The summed E-state index contributed by atoms with van der Waals surface area (Å²) in [4.78, 5) is 12.4. The van der Waals surface area contributed by atoms with E-state index in [4.69, 9.17) is 4.74 Å². The molecule has 0 aliphatic heterocycles. The first-order valence-electron chi connectivity index (χ1n) is 7.64. The van der Waals surface area contributed by atoms with Crippen LogP contribution in [0.15, 0.2) is 48.5 Å². The van der Waals surface area contributed by atoms with Crippen LogP contribution in [0.5, 0.6) is 5.75 Å². The van der Waals surface area contributed by atoms with Gasteiger partial charge in [-0.1, -0.05) is 38.1 Å². The molecule has 0 spiro atoms. The molecule has 0 fully saturated rings. The van der Waals surface area contributed by atoms with Gasteiger partial charge in [-0.3, -0.25) is 4.79 Å². The van der Waals surface area contributed by atoms with Crippen molar-refractivity contribution < 1.29 is 9.53 Å². The fourth-order valence-corrected chi connectivity index (χ4v) is 2.14. The van der Waals surface area contributed by atoms with E-state index in [9.17, 15) is 4.79 Å². The molecule has 22 heavy (non-hydrogen) atoms. The maximum Gasteiger partial charge on any atom is 0.255 e. The van der Waals surface area contributed by atoms with Crippen LogP contribution in [0.25, 0.3) is 0 Å². The van der Waals surface area contributed by atoms with Crippen molar-refractivity contribution in [2.75, 3.05) is 5.32 Å². The molecule has 0 aliphatic carbocycles. The Hall–Kier alpha value is -2.29. The van der Waals surface area contributed by atoms with Crippen LogP contribution in [0.2, 0.25) is 0 Å². The lowest BCUT2D eigenvalue weighted by molar-refractivity contribution is 0.102. The molecule has 116 valence electrons. The van der Waals surface area contributed by atoms with Crippen molar-refractivity contribution in [3.05, 3.63) is 59.7 Å². The Kier molecular flexibility index (Phi) is 5.21. The van der Waals surface area contributed by atoms with Gasteiger partial charge >= 0.3 is 0 Å². The largest absolute Gasteiger partial charge is 0.489 e. The molecule has 0 bridgehead atoms. The van der Waals surface area contributed by atoms with Crippen molar-refractivity contribution in [2.45, 2.75) is 39.7 Å². The van der Waals surface area contributed by atoms with Gasteiger partial charge in [0.25, 0.3) is 5.91 Å². The van der Waals surface area contributed by atoms with Crippen molar-refractivity contribution in [1.29, 1.82) is 0 Å². The number of ether oxygens (including phenoxy) is 1. The number of carbonyl (C=O) groups is 1. The van der Waals surface area contributed by atoms with Gasteiger partial charge in [0, 0.05) is 5.56 Å². The number of carbonyl (C=O) groups excluding carboxylic acids is 1. The minimum atomic E-state index is -0.130. The van der Waals surface area contributed by atoms with Crippen molar-refractivity contribution in [3.63, 3.8) is 0 Å². The lowest BCUT2D eigenvalue weighted by Gasteiger charge is -2.15. The van der Waals surface area contributed by atoms with E-state index in [0.717, 1.165) is 0 Å². The Morgan fingerprint density at radius 3 is 2.18 bits per heavy atom. The summed E-state index contributed by atoms with van der Waals surface area (Å²) in [6, 6.07) is 15.2. The molecular formula is C19H23NO2. The van der Waals surface area contributed by atoms with Crippen LogP contribution in [-0.2, 0) is 0 Å². The van der Waals surface area contributed by atoms with Gasteiger partial charge in [-0.2, -0.15) is 0 Å². The Balaban J connectivity index is 2.15. The normalized spacial score (nSPS) is 10.8. The van der Waals surface area contributed by atoms with Crippen LogP contribution in [0.1, 0.15) is 49.5 Å². The molecule has 3 heteroatoms. The summed E-state index contributed by atoms with van der Waals surface area (Å²) in [5.74, 6) is 1.01. The zero-order valence-corrected chi connectivity index (χ0v) is 13.6. The van der Waals surface area contributed by atoms with Gasteiger partial charge < -0.3 is 10.1 Å².